The quantitative estimate of drug-likeness (QED) is 0.689. The van der Waals surface area contributed by atoms with Gasteiger partial charge in [0.2, 0.25) is 15.9 Å². The van der Waals surface area contributed by atoms with Crippen LogP contribution in [0.4, 0.5) is 11.6 Å². The minimum absolute atomic E-state index is 0.0711. The van der Waals surface area contributed by atoms with Gasteiger partial charge in [-0.1, -0.05) is 0 Å². The first kappa shape index (κ1) is 21.3. The molecule has 0 spiro atoms. The third-order valence-electron chi connectivity index (χ3n) is 6.50. The summed E-state index contributed by atoms with van der Waals surface area (Å²) < 4.78 is 24.8. The normalized spacial score (nSPS) is 22.4. The Morgan fingerprint density at radius 3 is 1.87 bits per heavy atom. The molecule has 4 rings (SSSR count). The standard InChI is InChI=1S/C20H32N6O3S/c1-30(28,29)26-11-7-17(8-12-26)20(27)25-15-13-24(14-16-25)19-6-5-18(21-22-19)23-9-3-2-4-10-23/h5-6,17H,2-4,7-16H2,1H3. The Kier molecular flexibility index (Phi) is 6.43. The molecule has 0 N–H and O–H groups in total. The molecule has 0 atom stereocenters. The van der Waals surface area contributed by atoms with E-state index in [1.165, 1.54) is 29.8 Å². The fourth-order valence-electron chi connectivity index (χ4n) is 4.63. The molecule has 0 aromatic carbocycles. The molecule has 9 nitrogen and oxygen atoms in total. The van der Waals surface area contributed by atoms with Crippen LogP contribution < -0.4 is 9.80 Å². The lowest BCUT2D eigenvalue weighted by Gasteiger charge is -2.38. The van der Waals surface area contributed by atoms with Gasteiger partial charge in [0.25, 0.3) is 0 Å². The van der Waals surface area contributed by atoms with Gasteiger partial charge in [-0.2, -0.15) is 0 Å². The Morgan fingerprint density at radius 1 is 0.833 bits per heavy atom. The van der Waals surface area contributed by atoms with E-state index < -0.39 is 10.0 Å². The molecular formula is C20H32N6O3S. The molecule has 0 unspecified atom stereocenters. The zero-order chi connectivity index (χ0) is 21.1. The first-order valence-electron chi connectivity index (χ1n) is 11.0. The average Bonchev–Trinajstić information content (AvgIpc) is 2.79. The topological polar surface area (TPSA) is 90.0 Å². The minimum atomic E-state index is -3.16. The van der Waals surface area contributed by atoms with E-state index in [1.54, 1.807) is 0 Å². The molecule has 4 heterocycles. The van der Waals surface area contributed by atoms with Crippen LogP contribution in [0.2, 0.25) is 0 Å². The van der Waals surface area contributed by atoms with Crippen molar-refractivity contribution in [2.24, 2.45) is 5.92 Å². The number of rotatable bonds is 4. The molecule has 30 heavy (non-hydrogen) atoms. The predicted octanol–water partition coefficient (Wildman–Crippen LogP) is 0.787. The summed E-state index contributed by atoms with van der Waals surface area (Å²) >= 11 is 0. The van der Waals surface area contributed by atoms with E-state index in [1.807, 2.05) is 11.0 Å². The smallest absolute Gasteiger partial charge is 0.225 e. The van der Waals surface area contributed by atoms with Crippen molar-refractivity contribution < 1.29 is 13.2 Å². The van der Waals surface area contributed by atoms with Crippen LogP contribution in [0.25, 0.3) is 0 Å². The van der Waals surface area contributed by atoms with E-state index in [9.17, 15) is 13.2 Å². The molecule has 0 aliphatic carbocycles. The van der Waals surface area contributed by atoms with E-state index in [2.05, 4.69) is 26.1 Å². The molecule has 3 saturated heterocycles. The van der Waals surface area contributed by atoms with Crippen molar-refractivity contribution in [3.63, 3.8) is 0 Å². The molecule has 1 aromatic heterocycles. The van der Waals surface area contributed by atoms with Crippen LogP contribution >= 0.6 is 0 Å². The second-order valence-corrected chi connectivity index (χ2v) is 10.5. The summed E-state index contributed by atoms with van der Waals surface area (Å²) in [6, 6.07) is 4.09. The van der Waals surface area contributed by atoms with E-state index in [0.717, 1.165) is 37.8 Å². The molecule has 0 bridgehead atoms. The number of carbonyl (C=O) groups is 1. The first-order chi connectivity index (χ1) is 14.4. The van der Waals surface area contributed by atoms with Crippen LogP contribution in [-0.2, 0) is 14.8 Å². The Morgan fingerprint density at radius 2 is 1.37 bits per heavy atom. The highest BCUT2D eigenvalue weighted by atomic mass is 32.2. The lowest BCUT2D eigenvalue weighted by atomic mass is 9.96. The Bertz CT molecular complexity index is 825. The highest BCUT2D eigenvalue weighted by Crippen LogP contribution is 2.23. The first-order valence-corrected chi connectivity index (χ1v) is 12.8. The van der Waals surface area contributed by atoms with E-state index in [0.29, 0.717) is 39.0 Å². The molecule has 3 aliphatic rings. The monoisotopic (exact) mass is 436 g/mol. The van der Waals surface area contributed by atoms with Gasteiger partial charge in [0, 0.05) is 58.3 Å². The van der Waals surface area contributed by atoms with Gasteiger partial charge in [-0.3, -0.25) is 4.79 Å². The van der Waals surface area contributed by atoms with Gasteiger partial charge in [0.1, 0.15) is 0 Å². The van der Waals surface area contributed by atoms with Crippen LogP contribution in [0, 0.1) is 5.92 Å². The van der Waals surface area contributed by atoms with Gasteiger partial charge in [-0.15, -0.1) is 10.2 Å². The fraction of sp³-hybridized carbons (Fsp3) is 0.750. The molecule has 166 valence electrons. The second-order valence-electron chi connectivity index (χ2n) is 8.55. The third-order valence-corrected chi connectivity index (χ3v) is 7.81. The molecule has 3 aliphatic heterocycles. The predicted molar refractivity (Wildman–Crippen MR) is 116 cm³/mol. The van der Waals surface area contributed by atoms with Crippen LogP contribution in [-0.4, -0.2) is 92.3 Å². The van der Waals surface area contributed by atoms with Crippen molar-refractivity contribution >= 4 is 27.6 Å². The third kappa shape index (κ3) is 4.85. The number of nitrogens with zero attached hydrogens (tertiary/aromatic N) is 6. The Hall–Kier alpha value is -1.94. The number of anilines is 2. The summed E-state index contributed by atoms with van der Waals surface area (Å²) in [4.78, 5) is 19.3. The van der Waals surface area contributed by atoms with Gasteiger partial charge >= 0.3 is 0 Å². The zero-order valence-electron chi connectivity index (χ0n) is 17.7. The zero-order valence-corrected chi connectivity index (χ0v) is 18.6. The van der Waals surface area contributed by atoms with Crippen molar-refractivity contribution in [2.75, 3.05) is 68.4 Å². The van der Waals surface area contributed by atoms with Crippen molar-refractivity contribution in [3.8, 4) is 0 Å². The highest BCUT2D eigenvalue weighted by Gasteiger charge is 2.32. The van der Waals surface area contributed by atoms with Crippen molar-refractivity contribution in [1.29, 1.82) is 0 Å². The molecule has 3 fully saturated rings. The number of sulfonamides is 1. The summed E-state index contributed by atoms with van der Waals surface area (Å²) in [5.41, 5.74) is 0. The summed E-state index contributed by atoms with van der Waals surface area (Å²) in [5, 5.41) is 8.87. The number of piperazine rings is 1. The second kappa shape index (κ2) is 9.05. The lowest BCUT2D eigenvalue weighted by Crippen LogP contribution is -2.52. The van der Waals surface area contributed by atoms with Crippen LogP contribution in [0.1, 0.15) is 32.1 Å². The van der Waals surface area contributed by atoms with Gasteiger partial charge in [-0.05, 0) is 44.2 Å². The SMILES string of the molecule is CS(=O)(=O)N1CCC(C(=O)N2CCN(c3ccc(N4CCCCC4)nn3)CC2)CC1. The molecule has 0 radical (unpaired) electrons. The number of hydrogen-bond donors (Lipinski definition) is 0. The number of aromatic nitrogens is 2. The Balaban J connectivity index is 1.27. The van der Waals surface area contributed by atoms with Crippen molar-refractivity contribution in [2.45, 2.75) is 32.1 Å². The lowest BCUT2D eigenvalue weighted by molar-refractivity contribution is -0.137. The summed E-state index contributed by atoms with van der Waals surface area (Å²) in [6.07, 6.45) is 6.17. The van der Waals surface area contributed by atoms with E-state index in [4.69, 9.17) is 0 Å². The average molecular weight is 437 g/mol. The molecule has 0 saturated carbocycles. The maximum Gasteiger partial charge on any atom is 0.225 e. The summed E-state index contributed by atoms with van der Waals surface area (Å²) in [6.45, 7) is 5.80. The van der Waals surface area contributed by atoms with Crippen LogP contribution in [0.5, 0.6) is 0 Å². The maximum atomic E-state index is 12.9. The number of piperidine rings is 2. The van der Waals surface area contributed by atoms with Gasteiger partial charge in [0.05, 0.1) is 6.26 Å². The number of carbonyl (C=O) groups excluding carboxylic acids is 1. The molecule has 10 heteroatoms. The highest BCUT2D eigenvalue weighted by molar-refractivity contribution is 7.88. The van der Waals surface area contributed by atoms with Crippen LogP contribution in [0.15, 0.2) is 12.1 Å². The summed E-state index contributed by atoms with van der Waals surface area (Å²) in [7, 11) is -3.16. The minimum Gasteiger partial charge on any atom is -0.355 e. The van der Waals surface area contributed by atoms with Gasteiger partial charge in [-0.25, -0.2) is 12.7 Å². The van der Waals surface area contributed by atoms with Gasteiger partial charge in [0.15, 0.2) is 11.6 Å². The maximum absolute atomic E-state index is 12.9. The Labute approximate surface area is 179 Å². The summed E-state index contributed by atoms with van der Waals surface area (Å²) in [5.74, 6) is 1.91. The number of hydrogen-bond acceptors (Lipinski definition) is 7. The molecular weight excluding hydrogens is 404 g/mol. The number of amides is 1. The van der Waals surface area contributed by atoms with Crippen molar-refractivity contribution in [3.05, 3.63) is 12.1 Å². The molecule has 1 amide bonds. The van der Waals surface area contributed by atoms with E-state index in [-0.39, 0.29) is 11.8 Å². The van der Waals surface area contributed by atoms with Crippen LogP contribution in [0.3, 0.4) is 0 Å². The fourth-order valence-corrected chi connectivity index (χ4v) is 5.50. The van der Waals surface area contributed by atoms with Crippen molar-refractivity contribution in [1.82, 2.24) is 19.4 Å². The largest absolute Gasteiger partial charge is 0.355 e. The molecule has 1 aromatic rings. The van der Waals surface area contributed by atoms with E-state index >= 15 is 0 Å². The van der Waals surface area contributed by atoms with Gasteiger partial charge < -0.3 is 14.7 Å².